The molecule has 4 heterocycles. The molecule has 2 fully saturated rings. The first-order valence-corrected chi connectivity index (χ1v) is 14.0. The lowest BCUT2D eigenvalue weighted by atomic mass is 10.00. The molecule has 1 amide bonds. The van der Waals surface area contributed by atoms with Crippen LogP contribution < -0.4 is 15.5 Å². The number of rotatable bonds is 10. The van der Waals surface area contributed by atoms with Gasteiger partial charge in [-0.3, -0.25) is 4.79 Å². The van der Waals surface area contributed by atoms with Crippen LogP contribution in [0.15, 0.2) is 36.4 Å². The van der Waals surface area contributed by atoms with Crippen molar-refractivity contribution in [2.75, 3.05) is 62.7 Å². The molecule has 0 saturated carbocycles. The highest BCUT2D eigenvalue weighted by atomic mass is 16.5. The molecule has 5 rings (SSSR count). The number of likely N-dealkylation sites (tertiary alicyclic amines) is 1. The Morgan fingerprint density at radius 1 is 1.16 bits per heavy atom. The molecule has 2 atom stereocenters. The predicted octanol–water partition coefficient (Wildman–Crippen LogP) is 2.80. The first-order chi connectivity index (χ1) is 18.6. The van der Waals surface area contributed by atoms with Gasteiger partial charge in [-0.2, -0.15) is 0 Å². The van der Waals surface area contributed by atoms with Gasteiger partial charge in [-0.05, 0) is 74.8 Å². The van der Waals surface area contributed by atoms with E-state index in [1.54, 1.807) is 6.07 Å². The molecule has 1 aromatic carbocycles. The summed E-state index contributed by atoms with van der Waals surface area (Å²) in [5.41, 5.74) is 3.79. The zero-order valence-corrected chi connectivity index (χ0v) is 22.0. The molecule has 0 spiro atoms. The normalized spacial score (nSPS) is 20.4. The first kappa shape index (κ1) is 26.4. The summed E-state index contributed by atoms with van der Waals surface area (Å²) < 4.78 is 5.43. The maximum Gasteiger partial charge on any atom is 0.326 e. The van der Waals surface area contributed by atoms with Crippen LogP contribution in [0.25, 0.3) is 0 Å². The van der Waals surface area contributed by atoms with Gasteiger partial charge >= 0.3 is 5.97 Å². The van der Waals surface area contributed by atoms with Crippen molar-refractivity contribution in [3.63, 3.8) is 0 Å². The quantitative estimate of drug-likeness (QED) is 0.438. The van der Waals surface area contributed by atoms with E-state index in [-0.39, 0.29) is 5.91 Å². The molecule has 3 aliphatic rings. The number of morpholine rings is 1. The second kappa shape index (κ2) is 12.6. The average Bonchev–Trinajstić information content (AvgIpc) is 3.42. The van der Waals surface area contributed by atoms with Gasteiger partial charge < -0.3 is 30.3 Å². The molecular formula is C29H39N5O4. The van der Waals surface area contributed by atoms with Gasteiger partial charge in [-0.15, -0.1) is 0 Å². The highest BCUT2D eigenvalue weighted by molar-refractivity contribution is 6.01. The predicted molar refractivity (Wildman–Crippen MR) is 147 cm³/mol. The number of carboxylic acid groups (broad SMARTS) is 1. The average molecular weight is 522 g/mol. The van der Waals surface area contributed by atoms with Crippen LogP contribution >= 0.6 is 0 Å². The van der Waals surface area contributed by atoms with Crippen molar-refractivity contribution >= 4 is 23.4 Å². The third-order valence-electron chi connectivity index (χ3n) is 7.97. The van der Waals surface area contributed by atoms with Crippen molar-refractivity contribution in [2.24, 2.45) is 5.92 Å². The minimum atomic E-state index is -0.995. The number of benzene rings is 1. The topological polar surface area (TPSA) is 107 Å². The van der Waals surface area contributed by atoms with Crippen LogP contribution in [0, 0.1) is 5.92 Å². The highest BCUT2D eigenvalue weighted by Crippen LogP contribution is 2.25. The fourth-order valence-electron chi connectivity index (χ4n) is 5.76. The Hall–Kier alpha value is -3.17. The van der Waals surface area contributed by atoms with Crippen LogP contribution in [0.3, 0.4) is 0 Å². The van der Waals surface area contributed by atoms with Crippen molar-refractivity contribution in [3.05, 3.63) is 53.2 Å². The van der Waals surface area contributed by atoms with E-state index in [0.29, 0.717) is 50.8 Å². The number of para-hydroxylation sites is 1. The van der Waals surface area contributed by atoms with Gasteiger partial charge in [-0.1, -0.05) is 18.2 Å². The summed E-state index contributed by atoms with van der Waals surface area (Å²) in [5.74, 6) is 0.297. The highest BCUT2D eigenvalue weighted by Gasteiger charge is 2.27. The van der Waals surface area contributed by atoms with E-state index in [1.807, 2.05) is 18.2 Å². The number of aryl methyl sites for hydroxylation is 2. The van der Waals surface area contributed by atoms with E-state index in [4.69, 9.17) is 9.72 Å². The number of hydrogen-bond donors (Lipinski definition) is 3. The van der Waals surface area contributed by atoms with Crippen molar-refractivity contribution in [3.8, 4) is 0 Å². The van der Waals surface area contributed by atoms with E-state index in [1.165, 1.54) is 12.0 Å². The van der Waals surface area contributed by atoms with Crippen molar-refractivity contribution in [2.45, 2.75) is 44.6 Å². The van der Waals surface area contributed by atoms with Gasteiger partial charge in [0.15, 0.2) is 0 Å². The summed E-state index contributed by atoms with van der Waals surface area (Å²) in [4.78, 5) is 34.4. The van der Waals surface area contributed by atoms with E-state index in [2.05, 4.69) is 32.6 Å². The smallest absolute Gasteiger partial charge is 0.326 e. The summed E-state index contributed by atoms with van der Waals surface area (Å²) in [6.45, 7) is 6.23. The van der Waals surface area contributed by atoms with Crippen LogP contribution in [0.5, 0.6) is 0 Å². The Labute approximate surface area is 224 Å². The van der Waals surface area contributed by atoms with Gasteiger partial charge in [0.1, 0.15) is 11.9 Å². The van der Waals surface area contributed by atoms with Gasteiger partial charge in [0.2, 0.25) is 0 Å². The number of ether oxygens (including phenoxy) is 1. The van der Waals surface area contributed by atoms with Crippen LogP contribution in [-0.4, -0.2) is 85.4 Å². The van der Waals surface area contributed by atoms with Gasteiger partial charge in [-0.25, -0.2) is 9.78 Å². The molecule has 9 heteroatoms. The maximum atomic E-state index is 13.1. The number of carbonyl (C=O) groups excluding carboxylic acids is 1. The standard InChI is InChI=1S/C29H39N5O4/c35-28(24-5-1-2-6-26(24)34-16-18-38-19-17-34)32-25(29(36)37)12-15-33-14-11-21(20-33)7-9-23-10-8-22-4-3-13-30-27(22)31-23/h1-2,5-6,8,10,21,25H,3-4,7,9,11-20H2,(H,30,31)(H,32,35)(H,36,37). The zero-order valence-electron chi connectivity index (χ0n) is 22.0. The van der Waals surface area contributed by atoms with Gasteiger partial charge in [0, 0.05) is 44.1 Å². The minimum Gasteiger partial charge on any atom is -0.480 e. The zero-order chi connectivity index (χ0) is 26.3. The largest absolute Gasteiger partial charge is 0.480 e. The fraction of sp³-hybridized carbons (Fsp3) is 0.552. The molecular weight excluding hydrogens is 482 g/mol. The molecule has 0 bridgehead atoms. The number of carbonyl (C=O) groups is 2. The monoisotopic (exact) mass is 521 g/mol. The Bertz CT molecular complexity index is 1120. The Morgan fingerprint density at radius 3 is 2.84 bits per heavy atom. The lowest BCUT2D eigenvalue weighted by Crippen LogP contribution is -2.44. The summed E-state index contributed by atoms with van der Waals surface area (Å²) >= 11 is 0. The number of pyridine rings is 1. The number of anilines is 2. The third-order valence-corrected chi connectivity index (χ3v) is 7.97. The molecule has 1 aromatic heterocycles. The van der Waals surface area contributed by atoms with Crippen LogP contribution in [0.1, 0.15) is 47.3 Å². The number of aliphatic carboxylic acids is 1. The van der Waals surface area contributed by atoms with Crippen LogP contribution in [-0.2, 0) is 22.4 Å². The number of carboxylic acids is 1. The summed E-state index contributed by atoms with van der Waals surface area (Å²) in [7, 11) is 0. The number of amides is 1. The minimum absolute atomic E-state index is 0.342. The summed E-state index contributed by atoms with van der Waals surface area (Å²) in [6.07, 6.45) is 5.81. The Kier molecular flexibility index (Phi) is 8.75. The second-order valence-electron chi connectivity index (χ2n) is 10.6. The number of nitrogens with one attached hydrogen (secondary N) is 2. The summed E-state index contributed by atoms with van der Waals surface area (Å²) in [6, 6.07) is 10.8. The Morgan fingerprint density at radius 2 is 2.00 bits per heavy atom. The molecule has 204 valence electrons. The summed E-state index contributed by atoms with van der Waals surface area (Å²) in [5, 5.41) is 16.0. The molecule has 3 aliphatic heterocycles. The molecule has 2 saturated heterocycles. The van der Waals surface area contributed by atoms with E-state index in [0.717, 1.165) is 62.5 Å². The molecule has 2 unspecified atom stereocenters. The molecule has 0 radical (unpaired) electrons. The van der Waals surface area contributed by atoms with Gasteiger partial charge in [0.05, 0.1) is 18.8 Å². The number of nitrogens with zero attached hydrogens (tertiary/aromatic N) is 3. The van der Waals surface area contributed by atoms with Crippen molar-refractivity contribution < 1.29 is 19.4 Å². The third kappa shape index (κ3) is 6.63. The molecule has 2 aromatic rings. The van der Waals surface area contributed by atoms with Gasteiger partial charge in [0.25, 0.3) is 5.91 Å². The maximum absolute atomic E-state index is 13.1. The van der Waals surface area contributed by atoms with Crippen molar-refractivity contribution in [1.82, 2.24) is 15.2 Å². The number of aromatic nitrogens is 1. The fourth-order valence-corrected chi connectivity index (χ4v) is 5.76. The Balaban J connectivity index is 1.10. The van der Waals surface area contributed by atoms with Crippen molar-refractivity contribution in [1.29, 1.82) is 0 Å². The first-order valence-electron chi connectivity index (χ1n) is 14.0. The molecule has 3 N–H and O–H groups in total. The molecule has 9 nitrogen and oxygen atoms in total. The van der Waals surface area contributed by atoms with Crippen LogP contribution in [0.2, 0.25) is 0 Å². The lowest BCUT2D eigenvalue weighted by molar-refractivity contribution is -0.139. The molecule has 38 heavy (non-hydrogen) atoms. The second-order valence-corrected chi connectivity index (χ2v) is 10.6. The van der Waals surface area contributed by atoms with E-state index < -0.39 is 12.0 Å². The van der Waals surface area contributed by atoms with E-state index in [9.17, 15) is 14.7 Å². The lowest BCUT2D eigenvalue weighted by Gasteiger charge is -2.30. The number of fused-ring (bicyclic) bond motifs is 1. The number of hydrogen-bond acceptors (Lipinski definition) is 7. The molecule has 0 aliphatic carbocycles. The van der Waals surface area contributed by atoms with E-state index >= 15 is 0 Å². The van der Waals surface area contributed by atoms with Crippen LogP contribution in [0.4, 0.5) is 11.5 Å². The SMILES string of the molecule is O=C(NC(CCN1CCC(CCc2ccc3c(n2)NCCC3)C1)C(=O)O)c1ccccc1N1CCOCC1.